The van der Waals surface area contributed by atoms with E-state index in [1.165, 1.54) is 0 Å². The third kappa shape index (κ3) is 2.97. The highest BCUT2D eigenvalue weighted by atomic mass is 32.1. The first kappa shape index (κ1) is 16.4. The van der Waals surface area contributed by atoms with Gasteiger partial charge in [-0.3, -0.25) is 19.3 Å². The van der Waals surface area contributed by atoms with Crippen molar-refractivity contribution in [3.8, 4) is 0 Å². The Bertz CT molecular complexity index is 748. The molecule has 3 amide bonds. The van der Waals surface area contributed by atoms with Gasteiger partial charge in [0.25, 0.3) is 11.8 Å². The highest BCUT2D eigenvalue weighted by molar-refractivity contribution is 7.10. The molecule has 2 heterocycles. The predicted octanol–water partition coefficient (Wildman–Crippen LogP) is 2.86. The summed E-state index contributed by atoms with van der Waals surface area (Å²) in [6.07, 6.45) is 0. The molecule has 0 radical (unpaired) electrons. The van der Waals surface area contributed by atoms with Gasteiger partial charge in [-0.2, -0.15) is 0 Å². The first-order chi connectivity index (χ1) is 11.5. The standard InChI is InChI=1S/C18H18N2O3S/c1-11(2)16(14-8-5-9-24-14)19-15(21)10-20-17(22)12-6-3-4-7-13(12)18(20)23/h3-9,11,16H,10H2,1-2H3,(H,19,21)/t16-/m0/s1. The average molecular weight is 342 g/mol. The molecule has 0 unspecified atom stereocenters. The Morgan fingerprint density at radius 2 is 1.71 bits per heavy atom. The number of fused-ring (bicyclic) bond motifs is 1. The van der Waals surface area contributed by atoms with Gasteiger partial charge in [0.1, 0.15) is 6.54 Å². The van der Waals surface area contributed by atoms with E-state index < -0.39 is 11.8 Å². The van der Waals surface area contributed by atoms with Gasteiger partial charge in [0.05, 0.1) is 17.2 Å². The molecule has 5 nitrogen and oxygen atoms in total. The third-order valence-corrected chi connectivity index (χ3v) is 4.97. The number of nitrogens with zero attached hydrogens (tertiary/aromatic N) is 1. The van der Waals surface area contributed by atoms with Gasteiger partial charge in [-0.25, -0.2) is 0 Å². The molecule has 0 bridgehead atoms. The van der Waals surface area contributed by atoms with E-state index in [-0.39, 0.29) is 24.4 Å². The number of nitrogens with one attached hydrogen (secondary N) is 1. The van der Waals surface area contributed by atoms with Crippen LogP contribution in [0.3, 0.4) is 0 Å². The summed E-state index contributed by atoms with van der Waals surface area (Å²) in [5, 5.41) is 4.90. The molecular weight excluding hydrogens is 324 g/mol. The van der Waals surface area contributed by atoms with E-state index in [2.05, 4.69) is 5.32 Å². The van der Waals surface area contributed by atoms with Crippen LogP contribution in [0, 0.1) is 5.92 Å². The summed E-state index contributed by atoms with van der Waals surface area (Å²) in [6, 6.07) is 10.4. The van der Waals surface area contributed by atoms with E-state index in [1.54, 1.807) is 35.6 Å². The van der Waals surface area contributed by atoms with Crippen molar-refractivity contribution >= 4 is 29.1 Å². The average Bonchev–Trinajstić information content (AvgIpc) is 3.16. The maximum atomic E-state index is 12.4. The second-order valence-electron chi connectivity index (χ2n) is 6.05. The second-order valence-corrected chi connectivity index (χ2v) is 7.03. The summed E-state index contributed by atoms with van der Waals surface area (Å²) in [7, 11) is 0. The molecule has 1 atom stereocenters. The van der Waals surface area contributed by atoms with Gasteiger partial charge in [0.2, 0.25) is 5.91 Å². The molecule has 0 aliphatic carbocycles. The monoisotopic (exact) mass is 342 g/mol. The largest absolute Gasteiger partial charge is 0.347 e. The molecule has 1 aromatic carbocycles. The fourth-order valence-electron chi connectivity index (χ4n) is 2.78. The molecule has 1 aliphatic rings. The molecule has 24 heavy (non-hydrogen) atoms. The second kappa shape index (κ2) is 6.57. The van der Waals surface area contributed by atoms with Gasteiger partial charge in [-0.1, -0.05) is 32.0 Å². The minimum atomic E-state index is -0.414. The minimum Gasteiger partial charge on any atom is -0.347 e. The zero-order valence-electron chi connectivity index (χ0n) is 13.5. The lowest BCUT2D eigenvalue weighted by atomic mass is 10.0. The zero-order chi connectivity index (χ0) is 17.3. The Labute approximate surface area is 144 Å². The van der Waals surface area contributed by atoms with Crippen molar-refractivity contribution in [3.63, 3.8) is 0 Å². The molecule has 2 aromatic rings. The van der Waals surface area contributed by atoms with Crippen LogP contribution in [0.4, 0.5) is 0 Å². The van der Waals surface area contributed by atoms with Crippen LogP contribution in [0.15, 0.2) is 41.8 Å². The van der Waals surface area contributed by atoms with Crippen molar-refractivity contribution in [1.29, 1.82) is 0 Å². The third-order valence-electron chi connectivity index (χ3n) is 4.01. The summed E-state index contributed by atoms with van der Waals surface area (Å²) in [4.78, 5) is 39.1. The lowest BCUT2D eigenvalue weighted by Gasteiger charge is -2.22. The first-order valence-corrected chi connectivity index (χ1v) is 8.65. The molecule has 6 heteroatoms. The van der Waals surface area contributed by atoms with Crippen molar-refractivity contribution in [2.75, 3.05) is 6.54 Å². The highest BCUT2D eigenvalue weighted by Gasteiger charge is 2.36. The smallest absolute Gasteiger partial charge is 0.262 e. The number of carbonyl (C=O) groups excluding carboxylic acids is 3. The number of hydrogen-bond acceptors (Lipinski definition) is 4. The zero-order valence-corrected chi connectivity index (χ0v) is 14.3. The highest BCUT2D eigenvalue weighted by Crippen LogP contribution is 2.26. The lowest BCUT2D eigenvalue weighted by Crippen LogP contribution is -2.42. The van der Waals surface area contributed by atoms with Gasteiger partial charge in [-0.05, 0) is 29.5 Å². The van der Waals surface area contributed by atoms with Crippen molar-refractivity contribution in [2.24, 2.45) is 5.92 Å². The molecule has 0 fully saturated rings. The van der Waals surface area contributed by atoms with Crippen LogP contribution in [0.5, 0.6) is 0 Å². The van der Waals surface area contributed by atoms with Crippen molar-refractivity contribution < 1.29 is 14.4 Å². The summed E-state index contributed by atoms with van der Waals surface area (Å²) in [5.41, 5.74) is 0.711. The van der Waals surface area contributed by atoms with Crippen LogP contribution in [0.25, 0.3) is 0 Å². The summed E-state index contributed by atoms with van der Waals surface area (Å²) >= 11 is 1.57. The Morgan fingerprint density at radius 1 is 1.08 bits per heavy atom. The fraction of sp³-hybridized carbons (Fsp3) is 0.278. The summed E-state index contributed by atoms with van der Waals surface area (Å²) in [5.74, 6) is -0.961. The number of imide groups is 1. The Morgan fingerprint density at radius 3 is 2.21 bits per heavy atom. The van der Waals surface area contributed by atoms with E-state index in [4.69, 9.17) is 0 Å². The van der Waals surface area contributed by atoms with Crippen LogP contribution in [-0.2, 0) is 4.79 Å². The molecule has 0 spiro atoms. The number of amides is 3. The quantitative estimate of drug-likeness (QED) is 0.850. The van der Waals surface area contributed by atoms with E-state index in [9.17, 15) is 14.4 Å². The SMILES string of the molecule is CC(C)[C@H](NC(=O)CN1C(=O)c2ccccc2C1=O)c1cccs1. The molecule has 0 saturated heterocycles. The molecule has 3 rings (SSSR count). The molecule has 0 saturated carbocycles. The van der Waals surface area contributed by atoms with Crippen molar-refractivity contribution in [3.05, 3.63) is 57.8 Å². The summed E-state index contributed by atoms with van der Waals surface area (Å²) < 4.78 is 0. The molecule has 1 aromatic heterocycles. The van der Waals surface area contributed by atoms with Gasteiger partial charge in [0, 0.05) is 4.88 Å². The van der Waals surface area contributed by atoms with E-state index >= 15 is 0 Å². The van der Waals surface area contributed by atoms with E-state index in [0.717, 1.165) is 9.78 Å². The minimum absolute atomic E-state index is 0.132. The van der Waals surface area contributed by atoms with Gasteiger partial charge in [-0.15, -0.1) is 11.3 Å². The summed E-state index contributed by atoms with van der Waals surface area (Å²) in [6.45, 7) is 3.78. The van der Waals surface area contributed by atoms with Gasteiger partial charge < -0.3 is 5.32 Å². The van der Waals surface area contributed by atoms with Gasteiger partial charge in [0.15, 0.2) is 0 Å². The maximum absolute atomic E-state index is 12.4. The molecule has 1 aliphatic heterocycles. The number of benzene rings is 1. The number of thiophene rings is 1. The Hall–Kier alpha value is -2.47. The molecule has 1 N–H and O–H groups in total. The number of rotatable bonds is 5. The van der Waals surface area contributed by atoms with Crippen LogP contribution >= 0.6 is 11.3 Å². The van der Waals surface area contributed by atoms with Crippen molar-refractivity contribution in [1.82, 2.24) is 10.2 Å². The molecule has 124 valence electrons. The Balaban J connectivity index is 1.72. The maximum Gasteiger partial charge on any atom is 0.262 e. The normalized spacial score (nSPS) is 14.9. The van der Waals surface area contributed by atoms with Crippen LogP contribution in [0.1, 0.15) is 45.5 Å². The lowest BCUT2D eigenvalue weighted by molar-refractivity contribution is -0.122. The number of carbonyl (C=O) groups is 3. The first-order valence-electron chi connectivity index (χ1n) is 7.77. The van der Waals surface area contributed by atoms with Gasteiger partial charge >= 0.3 is 0 Å². The van der Waals surface area contributed by atoms with Crippen molar-refractivity contribution in [2.45, 2.75) is 19.9 Å². The van der Waals surface area contributed by atoms with Crippen LogP contribution in [-0.4, -0.2) is 29.2 Å². The fourth-order valence-corrected chi connectivity index (χ4v) is 3.73. The van der Waals surface area contributed by atoms with E-state index in [0.29, 0.717) is 11.1 Å². The van der Waals surface area contributed by atoms with E-state index in [1.807, 2.05) is 31.4 Å². The number of hydrogen-bond donors (Lipinski definition) is 1. The van der Waals surface area contributed by atoms with Crippen LogP contribution < -0.4 is 5.32 Å². The predicted molar refractivity (Wildman–Crippen MR) is 91.8 cm³/mol. The molecular formula is C18H18N2O3S. The Kier molecular flexibility index (Phi) is 4.49. The van der Waals surface area contributed by atoms with Crippen LogP contribution in [0.2, 0.25) is 0 Å². The topological polar surface area (TPSA) is 66.5 Å².